The lowest BCUT2D eigenvalue weighted by molar-refractivity contribution is -0.118. The summed E-state index contributed by atoms with van der Waals surface area (Å²) >= 11 is 2.87. The number of carbonyl (C=O) groups is 1. The van der Waals surface area contributed by atoms with Crippen molar-refractivity contribution in [3.8, 4) is 11.5 Å². The summed E-state index contributed by atoms with van der Waals surface area (Å²) in [7, 11) is 1.60. The topological polar surface area (TPSA) is 73.3 Å². The number of amides is 1. The molecule has 0 unspecified atom stereocenters. The van der Waals surface area contributed by atoms with E-state index < -0.39 is 0 Å². The highest BCUT2D eigenvalue weighted by molar-refractivity contribution is 8.01. The van der Waals surface area contributed by atoms with Gasteiger partial charge in [-0.2, -0.15) is 0 Å². The Labute approximate surface area is 172 Å². The Balaban J connectivity index is 1.50. The molecule has 0 fully saturated rings. The number of nitrogens with zero attached hydrogens (tertiary/aromatic N) is 2. The van der Waals surface area contributed by atoms with Crippen molar-refractivity contribution in [2.24, 2.45) is 0 Å². The van der Waals surface area contributed by atoms with E-state index in [4.69, 9.17) is 9.47 Å². The average molecular weight is 416 g/mol. The quantitative estimate of drug-likeness (QED) is 0.535. The minimum atomic E-state index is -0.0544. The molecule has 1 amide bonds. The van der Waals surface area contributed by atoms with Crippen molar-refractivity contribution >= 4 is 29.0 Å². The summed E-state index contributed by atoms with van der Waals surface area (Å²) in [6.07, 6.45) is 0. The van der Waals surface area contributed by atoms with Gasteiger partial charge in [0.2, 0.25) is 5.91 Å². The lowest BCUT2D eigenvalue weighted by atomic mass is 10.2. The van der Waals surface area contributed by atoms with Crippen LogP contribution in [0.3, 0.4) is 0 Å². The number of hydrogen-bond acceptors (Lipinski definition) is 7. The molecule has 0 atom stereocenters. The van der Waals surface area contributed by atoms with Crippen molar-refractivity contribution in [2.45, 2.75) is 24.4 Å². The minimum Gasteiger partial charge on any atom is -0.493 e. The van der Waals surface area contributed by atoms with Crippen molar-refractivity contribution in [2.75, 3.05) is 12.9 Å². The molecule has 1 aromatic heterocycles. The van der Waals surface area contributed by atoms with Crippen LogP contribution >= 0.6 is 23.1 Å². The van der Waals surface area contributed by atoms with Crippen LogP contribution in [-0.2, 0) is 17.9 Å². The summed E-state index contributed by atoms with van der Waals surface area (Å²) in [5, 5.41) is 11.7. The Kier molecular flexibility index (Phi) is 7.27. The minimum absolute atomic E-state index is 0.0544. The molecule has 8 heteroatoms. The monoisotopic (exact) mass is 415 g/mol. The molecule has 0 radical (unpaired) electrons. The van der Waals surface area contributed by atoms with Crippen LogP contribution in [0.1, 0.15) is 16.1 Å². The molecule has 0 saturated heterocycles. The highest BCUT2D eigenvalue weighted by Crippen LogP contribution is 2.29. The summed E-state index contributed by atoms with van der Waals surface area (Å²) in [6.45, 7) is 2.78. The average Bonchev–Trinajstić information content (AvgIpc) is 3.15. The van der Waals surface area contributed by atoms with Crippen LogP contribution < -0.4 is 14.8 Å². The van der Waals surface area contributed by atoms with E-state index in [2.05, 4.69) is 15.5 Å². The Hall–Kier alpha value is -2.58. The van der Waals surface area contributed by atoms with Crippen molar-refractivity contribution < 1.29 is 14.3 Å². The fourth-order valence-electron chi connectivity index (χ4n) is 2.39. The molecule has 0 bridgehead atoms. The number of methoxy groups -OCH3 is 1. The molecule has 3 rings (SSSR count). The second-order valence-electron chi connectivity index (χ2n) is 5.91. The van der Waals surface area contributed by atoms with Crippen LogP contribution in [0.5, 0.6) is 11.5 Å². The SMILES string of the molecule is COc1cc(CNC(=O)CSc2nnc(C)s2)ccc1OCc1ccccc1. The summed E-state index contributed by atoms with van der Waals surface area (Å²) < 4.78 is 12.1. The van der Waals surface area contributed by atoms with E-state index in [1.165, 1.54) is 23.1 Å². The lowest BCUT2D eigenvalue weighted by Gasteiger charge is -2.13. The summed E-state index contributed by atoms with van der Waals surface area (Å²) in [5.41, 5.74) is 2.03. The van der Waals surface area contributed by atoms with Crippen LogP contribution in [0.2, 0.25) is 0 Å². The van der Waals surface area contributed by atoms with Gasteiger partial charge in [0.15, 0.2) is 15.8 Å². The molecule has 1 heterocycles. The maximum atomic E-state index is 12.0. The zero-order valence-electron chi connectivity index (χ0n) is 15.7. The maximum Gasteiger partial charge on any atom is 0.230 e. The number of benzene rings is 2. The number of aromatic nitrogens is 2. The number of thioether (sulfide) groups is 1. The first-order chi connectivity index (χ1) is 13.6. The van der Waals surface area contributed by atoms with Gasteiger partial charge in [0, 0.05) is 6.54 Å². The zero-order valence-corrected chi connectivity index (χ0v) is 17.3. The molecule has 0 spiro atoms. The second-order valence-corrected chi connectivity index (χ2v) is 8.32. The van der Waals surface area contributed by atoms with E-state index in [-0.39, 0.29) is 5.91 Å². The highest BCUT2D eigenvalue weighted by Gasteiger charge is 2.09. The second kappa shape index (κ2) is 10.1. The molecule has 1 N–H and O–H groups in total. The normalized spacial score (nSPS) is 10.5. The Bertz CT molecular complexity index is 916. The number of ether oxygens (including phenoxy) is 2. The van der Waals surface area contributed by atoms with Crippen molar-refractivity contribution in [1.82, 2.24) is 15.5 Å². The van der Waals surface area contributed by atoms with Gasteiger partial charge >= 0.3 is 0 Å². The zero-order chi connectivity index (χ0) is 19.8. The molecule has 146 valence electrons. The smallest absolute Gasteiger partial charge is 0.230 e. The number of hydrogen-bond donors (Lipinski definition) is 1. The maximum absolute atomic E-state index is 12.0. The predicted octanol–water partition coefficient (Wildman–Crippen LogP) is 3.84. The van der Waals surface area contributed by atoms with Gasteiger partial charge in [0.1, 0.15) is 11.6 Å². The molecular weight excluding hydrogens is 394 g/mol. The van der Waals surface area contributed by atoms with Gasteiger partial charge in [-0.1, -0.05) is 59.5 Å². The Morgan fingerprint density at radius 1 is 1.11 bits per heavy atom. The summed E-state index contributed by atoms with van der Waals surface area (Å²) in [6, 6.07) is 15.6. The van der Waals surface area contributed by atoms with Gasteiger partial charge in [-0.25, -0.2) is 0 Å². The first kappa shape index (κ1) is 20.2. The molecule has 0 saturated carbocycles. The molecule has 2 aromatic carbocycles. The van der Waals surface area contributed by atoms with Gasteiger partial charge in [-0.05, 0) is 30.2 Å². The Morgan fingerprint density at radius 2 is 1.93 bits per heavy atom. The number of nitrogens with one attached hydrogen (secondary N) is 1. The summed E-state index contributed by atoms with van der Waals surface area (Å²) in [5.74, 6) is 1.57. The number of carbonyl (C=O) groups excluding carboxylic acids is 1. The lowest BCUT2D eigenvalue weighted by Crippen LogP contribution is -2.24. The third-order valence-electron chi connectivity index (χ3n) is 3.79. The van der Waals surface area contributed by atoms with Crippen molar-refractivity contribution in [3.63, 3.8) is 0 Å². The van der Waals surface area contributed by atoms with E-state index in [1.54, 1.807) is 7.11 Å². The van der Waals surface area contributed by atoms with Crippen molar-refractivity contribution in [1.29, 1.82) is 0 Å². The van der Waals surface area contributed by atoms with Crippen LogP contribution in [-0.4, -0.2) is 29.0 Å². The van der Waals surface area contributed by atoms with E-state index in [1.807, 2.05) is 55.5 Å². The van der Waals surface area contributed by atoms with Crippen LogP contribution in [0.25, 0.3) is 0 Å². The first-order valence-corrected chi connectivity index (χ1v) is 10.5. The molecule has 3 aromatic rings. The van der Waals surface area contributed by atoms with Gasteiger partial charge in [-0.15, -0.1) is 10.2 Å². The molecule has 0 aliphatic heterocycles. The van der Waals surface area contributed by atoms with E-state index in [0.717, 1.165) is 20.5 Å². The third-order valence-corrected chi connectivity index (χ3v) is 5.76. The standard InChI is InChI=1S/C20H21N3O3S2/c1-14-22-23-20(28-14)27-13-19(24)21-11-16-8-9-17(18(10-16)25-2)26-12-15-6-4-3-5-7-15/h3-10H,11-13H2,1-2H3,(H,21,24). The van der Waals surface area contributed by atoms with Gasteiger partial charge in [0.25, 0.3) is 0 Å². The number of aryl methyl sites for hydroxylation is 1. The Morgan fingerprint density at radius 3 is 2.64 bits per heavy atom. The molecular formula is C20H21N3O3S2. The summed E-state index contributed by atoms with van der Waals surface area (Å²) in [4.78, 5) is 12.0. The van der Waals surface area contributed by atoms with Gasteiger partial charge < -0.3 is 14.8 Å². The van der Waals surface area contributed by atoms with E-state index >= 15 is 0 Å². The van der Waals surface area contributed by atoms with Gasteiger partial charge in [0.05, 0.1) is 12.9 Å². The fourth-order valence-corrected chi connectivity index (χ4v) is 4.04. The highest BCUT2D eigenvalue weighted by atomic mass is 32.2. The van der Waals surface area contributed by atoms with Crippen molar-refractivity contribution in [3.05, 3.63) is 64.7 Å². The van der Waals surface area contributed by atoms with Crippen LogP contribution in [0.15, 0.2) is 52.9 Å². The fraction of sp³-hybridized carbons (Fsp3) is 0.250. The van der Waals surface area contributed by atoms with E-state index in [0.29, 0.717) is 30.4 Å². The van der Waals surface area contributed by atoms with E-state index in [9.17, 15) is 4.79 Å². The molecule has 0 aliphatic rings. The predicted molar refractivity (Wildman–Crippen MR) is 111 cm³/mol. The van der Waals surface area contributed by atoms with Crippen LogP contribution in [0, 0.1) is 6.92 Å². The third kappa shape index (κ3) is 5.97. The molecule has 28 heavy (non-hydrogen) atoms. The van der Waals surface area contributed by atoms with Crippen LogP contribution in [0.4, 0.5) is 0 Å². The molecule has 6 nitrogen and oxygen atoms in total. The largest absolute Gasteiger partial charge is 0.493 e. The molecule has 0 aliphatic carbocycles. The van der Waals surface area contributed by atoms with Gasteiger partial charge in [-0.3, -0.25) is 4.79 Å². The first-order valence-electron chi connectivity index (χ1n) is 8.67. The number of rotatable bonds is 9.